The number of para-hydroxylation sites is 3. The third kappa shape index (κ3) is 3.96. The molecular weight excluding hydrogens is 623 g/mol. The molecule has 11 rings (SSSR count). The van der Waals surface area contributed by atoms with Crippen molar-refractivity contribution >= 4 is 54.6 Å². The van der Waals surface area contributed by atoms with E-state index < -0.39 is 0 Å². The van der Waals surface area contributed by atoms with E-state index in [9.17, 15) is 0 Å². The summed E-state index contributed by atoms with van der Waals surface area (Å²) < 4.78 is 8.99. The van der Waals surface area contributed by atoms with Gasteiger partial charge >= 0.3 is 0 Å². The van der Waals surface area contributed by atoms with Gasteiger partial charge in [-0.05, 0) is 57.3 Å². The molecule has 0 bridgehead atoms. The predicted octanol–water partition coefficient (Wildman–Crippen LogP) is 12.3. The van der Waals surface area contributed by atoms with E-state index in [4.69, 9.17) is 14.4 Å². The highest BCUT2D eigenvalue weighted by Gasteiger charge is 2.36. The van der Waals surface area contributed by atoms with E-state index in [0.717, 1.165) is 61.0 Å². The molecule has 0 saturated heterocycles. The first-order valence-corrected chi connectivity index (χ1v) is 17.5. The van der Waals surface area contributed by atoms with Crippen LogP contribution in [-0.2, 0) is 5.41 Å². The Balaban J connectivity index is 1.14. The van der Waals surface area contributed by atoms with Crippen molar-refractivity contribution < 1.29 is 4.42 Å². The van der Waals surface area contributed by atoms with Gasteiger partial charge in [-0.3, -0.25) is 4.57 Å². The maximum Gasteiger partial charge on any atom is 0.213 e. The Morgan fingerprint density at radius 3 is 2.20 bits per heavy atom. The Labute approximate surface area is 294 Å². The summed E-state index contributed by atoms with van der Waals surface area (Å²) in [6, 6.07) is 53.9. The van der Waals surface area contributed by atoms with Gasteiger partial charge < -0.3 is 4.42 Å². The Morgan fingerprint density at radius 1 is 0.549 bits per heavy atom. The van der Waals surface area contributed by atoms with Crippen molar-refractivity contribution in [3.8, 4) is 39.5 Å². The minimum absolute atomic E-state index is 0.216. The molecule has 4 heterocycles. The van der Waals surface area contributed by atoms with Gasteiger partial charge in [0.2, 0.25) is 5.71 Å². The standard InChI is InChI=1S/C47H31N3O/c1-47(2)37-25-24-31(27-40(37)50-44-36(20-11-21-38(44)47)42-35-18-6-8-23-41(35)51-46(42)50)45-48-39-22-7-5-17-34(39)43(49-45)30-15-9-14-29(26-30)33-19-10-13-28-12-3-4-16-32(28)33/h3-27H,1-2H3. The van der Waals surface area contributed by atoms with Crippen LogP contribution in [0.25, 0.3) is 94.1 Å². The Hall–Kier alpha value is -6.52. The second kappa shape index (κ2) is 10.3. The summed E-state index contributed by atoms with van der Waals surface area (Å²) in [6.45, 7) is 4.65. The van der Waals surface area contributed by atoms with Gasteiger partial charge in [0.1, 0.15) is 5.58 Å². The van der Waals surface area contributed by atoms with Crippen LogP contribution in [0.2, 0.25) is 0 Å². The molecule has 0 N–H and O–H groups in total. The van der Waals surface area contributed by atoms with Crippen LogP contribution in [0.4, 0.5) is 0 Å². The summed E-state index contributed by atoms with van der Waals surface area (Å²) >= 11 is 0. The van der Waals surface area contributed by atoms with Crippen LogP contribution in [0.3, 0.4) is 0 Å². The average molecular weight is 654 g/mol. The molecule has 1 aliphatic rings. The van der Waals surface area contributed by atoms with Crippen molar-refractivity contribution in [1.82, 2.24) is 14.5 Å². The molecule has 0 radical (unpaired) electrons. The van der Waals surface area contributed by atoms with Crippen LogP contribution in [0.15, 0.2) is 156 Å². The fourth-order valence-electron chi connectivity index (χ4n) is 8.54. The topological polar surface area (TPSA) is 43.9 Å². The summed E-state index contributed by atoms with van der Waals surface area (Å²) in [5, 5.41) is 7.01. The number of rotatable bonds is 3. The smallest absolute Gasteiger partial charge is 0.213 e. The molecular formula is C47H31N3O. The molecule has 0 unspecified atom stereocenters. The molecule has 0 saturated carbocycles. The summed E-state index contributed by atoms with van der Waals surface area (Å²) in [6.07, 6.45) is 0. The van der Waals surface area contributed by atoms with Crippen molar-refractivity contribution in [1.29, 1.82) is 0 Å². The number of aromatic nitrogens is 3. The first kappa shape index (κ1) is 28.3. The number of hydrogen-bond acceptors (Lipinski definition) is 3. The maximum absolute atomic E-state index is 6.66. The minimum Gasteiger partial charge on any atom is -0.439 e. The van der Waals surface area contributed by atoms with E-state index in [1.807, 2.05) is 6.07 Å². The zero-order chi connectivity index (χ0) is 33.8. The van der Waals surface area contributed by atoms with Crippen molar-refractivity contribution in [3.05, 3.63) is 163 Å². The van der Waals surface area contributed by atoms with Crippen LogP contribution in [0.1, 0.15) is 25.0 Å². The average Bonchev–Trinajstić information content (AvgIpc) is 3.71. The van der Waals surface area contributed by atoms with Crippen molar-refractivity contribution in [3.63, 3.8) is 0 Å². The summed E-state index contributed by atoms with van der Waals surface area (Å²) in [7, 11) is 0. The molecule has 0 amide bonds. The number of nitrogens with zero attached hydrogens (tertiary/aromatic N) is 3. The monoisotopic (exact) mass is 653 g/mol. The van der Waals surface area contributed by atoms with E-state index >= 15 is 0 Å². The summed E-state index contributed by atoms with van der Waals surface area (Å²) in [5.74, 6) is 0.697. The Morgan fingerprint density at radius 2 is 1.27 bits per heavy atom. The first-order valence-electron chi connectivity index (χ1n) is 17.5. The van der Waals surface area contributed by atoms with E-state index in [2.05, 4.69) is 164 Å². The Kier molecular flexibility index (Phi) is 5.70. The fraction of sp³-hybridized carbons (Fsp3) is 0.0638. The van der Waals surface area contributed by atoms with Gasteiger partial charge in [0, 0.05) is 32.7 Å². The highest BCUT2D eigenvalue weighted by atomic mass is 16.3. The van der Waals surface area contributed by atoms with Crippen molar-refractivity contribution in [2.45, 2.75) is 19.3 Å². The molecule has 1 aliphatic heterocycles. The van der Waals surface area contributed by atoms with Crippen LogP contribution >= 0.6 is 0 Å². The van der Waals surface area contributed by atoms with Crippen LogP contribution in [0, 0.1) is 0 Å². The first-order chi connectivity index (χ1) is 25.0. The highest BCUT2D eigenvalue weighted by Crippen LogP contribution is 2.50. The van der Waals surface area contributed by atoms with E-state index in [1.165, 1.54) is 38.4 Å². The molecule has 51 heavy (non-hydrogen) atoms. The lowest BCUT2D eigenvalue weighted by Crippen LogP contribution is -2.26. The number of hydrogen-bond donors (Lipinski definition) is 0. The third-order valence-electron chi connectivity index (χ3n) is 11.0. The molecule has 0 aliphatic carbocycles. The summed E-state index contributed by atoms with van der Waals surface area (Å²) in [4.78, 5) is 10.5. The van der Waals surface area contributed by atoms with Crippen LogP contribution < -0.4 is 0 Å². The summed E-state index contributed by atoms with van der Waals surface area (Å²) in [5.41, 5.74) is 12.6. The molecule has 4 nitrogen and oxygen atoms in total. The molecule has 7 aromatic carbocycles. The van der Waals surface area contributed by atoms with E-state index in [1.54, 1.807) is 0 Å². The van der Waals surface area contributed by atoms with Gasteiger partial charge in [0.05, 0.1) is 27.8 Å². The molecule has 0 spiro atoms. The minimum atomic E-state index is -0.216. The van der Waals surface area contributed by atoms with E-state index in [0.29, 0.717) is 5.82 Å². The molecule has 0 atom stereocenters. The fourth-order valence-corrected chi connectivity index (χ4v) is 8.54. The second-order valence-corrected chi connectivity index (χ2v) is 14.2. The molecule has 240 valence electrons. The van der Waals surface area contributed by atoms with Crippen LogP contribution in [0.5, 0.6) is 0 Å². The highest BCUT2D eigenvalue weighted by molar-refractivity contribution is 6.21. The molecule has 3 aromatic heterocycles. The lowest BCUT2D eigenvalue weighted by atomic mass is 9.74. The predicted molar refractivity (Wildman–Crippen MR) is 210 cm³/mol. The normalized spacial score (nSPS) is 13.5. The van der Waals surface area contributed by atoms with Crippen molar-refractivity contribution in [2.75, 3.05) is 0 Å². The zero-order valence-corrected chi connectivity index (χ0v) is 28.2. The quantitative estimate of drug-likeness (QED) is 0.191. The van der Waals surface area contributed by atoms with Gasteiger partial charge in [-0.25, -0.2) is 9.97 Å². The van der Waals surface area contributed by atoms with Gasteiger partial charge in [-0.15, -0.1) is 0 Å². The third-order valence-corrected chi connectivity index (χ3v) is 11.0. The van der Waals surface area contributed by atoms with Gasteiger partial charge in [0.15, 0.2) is 5.82 Å². The second-order valence-electron chi connectivity index (χ2n) is 14.2. The van der Waals surface area contributed by atoms with Gasteiger partial charge in [0.25, 0.3) is 0 Å². The Bertz CT molecular complexity index is 3070. The molecule has 4 heteroatoms. The lowest BCUT2D eigenvalue weighted by molar-refractivity contribution is 0.612. The number of benzene rings is 7. The molecule has 10 aromatic rings. The van der Waals surface area contributed by atoms with Crippen molar-refractivity contribution in [2.24, 2.45) is 0 Å². The van der Waals surface area contributed by atoms with Gasteiger partial charge in [-0.2, -0.15) is 0 Å². The maximum atomic E-state index is 6.66. The number of furan rings is 1. The van der Waals surface area contributed by atoms with E-state index in [-0.39, 0.29) is 5.41 Å². The zero-order valence-electron chi connectivity index (χ0n) is 28.2. The largest absolute Gasteiger partial charge is 0.439 e. The van der Waals surface area contributed by atoms with Gasteiger partial charge in [-0.1, -0.05) is 141 Å². The SMILES string of the molecule is CC1(C)c2ccc(-c3nc(-c4cccc(-c5cccc6ccccc56)c4)c4ccccc4n3)cc2-n2c3oc4ccccc4c3c3cccc1c32. The molecule has 0 fully saturated rings. The van der Waals surface area contributed by atoms with Crippen LogP contribution in [-0.4, -0.2) is 14.5 Å². The lowest BCUT2D eigenvalue weighted by Gasteiger charge is -2.34. The number of fused-ring (bicyclic) bond motifs is 9.